The number of nitrogens with one attached hydrogen (secondary N) is 1. The molecule has 22 heavy (non-hydrogen) atoms. The summed E-state index contributed by atoms with van der Waals surface area (Å²) in [4.78, 5) is 16.0. The first-order chi connectivity index (χ1) is 10.7. The van der Waals surface area contributed by atoms with Crippen LogP contribution in [0.15, 0.2) is 30.6 Å². The van der Waals surface area contributed by atoms with Gasteiger partial charge in [-0.15, -0.1) is 5.10 Å². The van der Waals surface area contributed by atoms with Gasteiger partial charge in [0.15, 0.2) is 0 Å². The molecule has 0 bridgehead atoms. The quantitative estimate of drug-likeness (QED) is 0.918. The highest BCUT2D eigenvalue weighted by Crippen LogP contribution is 2.13. The monoisotopic (exact) mass is 297 g/mol. The lowest BCUT2D eigenvalue weighted by Gasteiger charge is -2.07. The van der Waals surface area contributed by atoms with Crippen LogP contribution >= 0.6 is 0 Å². The Labute approximate surface area is 127 Å². The summed E-state index contributed by atoms with van der Waals surface area (Å²) in [6.07, 6.45) is 2.80. The fraction of sp³-hybridized carbons (Fsp3) is 0.333. The highest BCUT2D eigenvalue weighted by Gasteiger charge is 2.24. The lowest BCUT2D eigenvalue weighted by molar-refractivity contribution is -0.124. The summed E-state index contributed by atoms with van der Waals surface area (Å²) >= 11 is 0. The summed E-state index contributed by atoms with van der Waals surface area (Å²) < 4.78 is 6.94. The van der Waals surface area contributed by atoms with Crippen molar-refractivity contribution in [1.82, 2.24) is 14.8 Å². The zero-order valence-corrected chi connectivity index (χ0v) is 11.9. The zero-order valence-electron chi connectivity index (χ0n) is 11.9. The van der Waals surface area contributed by atoms with E-state index in [0.717, 1.165) is 18.4 Å². The van der Waals surface area contributed by atoms with Crippen molar-refractivity contribution in [1.29, 1.82) is 5.26 Å². The average molecular weight is 297 g/mol. The minimum absolute atomic E-state index is 0.200. The van der Waals surface area contributed by atoms with E-state index in [1.165, 1.54) is 0 Å². The van der Waals surface area contributed by atoms with Gasteiger partial charge in [0, 0.05) is 6.61 Å². The van der Waals surface area contributed by atoms with Crippen LogP contribution in [0, 0.1) is 11.3 Å². The summed E-state index contributed by atoms with van der Waals surface area (Å²) in [5, 5.41) is 15.6. The molecule has 112 valence electrons. The minimum Gasteiger partial charge on any atom is -0.368 e. The van der Waals surface area contributed by atoms with E-state index < -0.39 is 6.10 Å². The largest absolute Gasteiger partial charge is 0.368 e. The van der Waals surface area contributed by atoms with E-state index in [1.54, 1.807) is 23.1 Å². The van der Waals surface area contributed by atoms with Gasteiger partial charge in [0.05, 0.1) is 18.2 Å². The van der Waals surface area contributed by atoms with Crippen LogP contribution in [0.25, 0.3) is 0 Å². The molecule has 1 atom stereocenters. The molecular weight excluding hydrogens is 282 g/mol. The van der Waals surface area contributed by atoms with Gasteiger partial charge in [0.25, 0.3) is 5.91 Å². The lowest BCUT2D eigenvalue weighted by atomic mass is 10.1. The third kappa shape index (κ3) is 3.30. The molecule has 1 aliphatic heterocycles. The van der Waals surface area contributed by atoms with Crippen LogP contribution in [0.5, 0.6) is 0 Å². The number of carbonyl (C=O) groups excluding carboxylic acids is 1. The van der Waals surface area contributed by atoms with Crippen LogP contribution in [0.3, 0.4) is 0 Å². The number of ether oxygens (including phenoxy) is 1. The van der Waals surface area contributed by atoms with Crippen molar-refractivity contribution >= 4 is 11.9 Å². The number of nitriles is 1. The van der Waals surface area contributed by atoms with E-state index in [0.29, 0.717) is 18.7 Å². The first kappa shape index (κ1) is 14.2. The summed E-state index contributed by atoms with van der Waals surface area (Å²) in [6.45, 7) is 1.15. The van der Waals surface area contributed by atoms with E-state index in [9.17, 15) is 4.79 Å². The highest BCUT2D eigenvalue weighted by atomic mass is 16.5. The second-order valence-corrected chi connectivity index (χ2v) is 5.07. The molecule has 1 amide bonds. The Kier molecular flexibility index (Phi) is 4.12. The van der Waals surface area contributed by atoms with Crippen LogP contribution in [0.2, 0.25) is 0 Å². The number of amides is 1. The molecule has 1 N–H and O–H groups in total. The Morgan fingerprint density at radius 1 is 1.45 bits per heavy atom. The van der Waals surface area contributed by atoms with Crippen LogP contribution < -0.4 is 5.32 Å². The maximum Gasteiger partial charge on any atom is 0.255 e. The van der Waals surface area contributed by atoms with Crippen molar-refractivity contribution in [2.24, 2.45) is 0 Å². The topological polar surface area (TPSA) is 92.8 Å². The molecule has 1 fully saturated rings. The molecular formula is C15H15N5O2. The second kappa shape index (κ2) is 6.37. The van der Waals surface area contributed by atoms with Crippen LogP contribution in [0.4, 0.5) is 5.95 Å². The SMILES string of the molecule is N#Cc1ccc(Cn2cnc(NC(=O)C3CCCO3)n2)cc1. The Bertz CT molecular complexity index is 695. The van der Waals surface area contributed by atoms with Gasteiger partial charge in [-0.2, -0.15) is 5.26 Å². The fourth-order valence-corrected chi connectivity index (χ4v) is 2.27. The standard InChI is InChI=1S/C15H15N5O2/c16-8-11-3-5-12(6-4-11)9-20-10-17-15(19-20)18-14(21)13-2-1-7-22-13/h3-6,10,13H,1-2,7,9H2,(H,18,19,21). The zero-order chi connectivity index (χ0) is 15.4. The molecule has 7 heteroatoms. The number of rotatable bonds is 4. The summed E-state index contributed by atoms with van der Waals surface area (Å²) in [6, 6.07) is 9.32. The fourth-order valence-electron chi connectivity index (χ4n) is 2.27. The highest BCUT2D eigenvalue weighted by molar-refractivity contribution is 5.92. The summed E-state index contributed by atoms with van der Waals surface area (Å²) in [5.41, 5.74) is 1.62. The van der Waals surface area contributed by atoms with Gasteiger partial charge in [-0.25, -0.2) is 9.67 Å². The van der Waals surface area contributed by atoms with Gasteiger partial charge >= 0.3 is 0 Å². The lowest BCUT2D eigenvalue weighted by Crippen LogP contribution is -2.27. The normalized spacial score (nSPS) is 17.1. The minimum atomic E-state index is -0.398. The molecule has 1 unspecified atom stereocenters. The van der Waals surface area contributed by atoms with Gasteiger partial charge < -0.3 is 4.74 Å². The van der Waals surface area contributed by atoms with Gasteiger partial charge in [-0.05, 0) is 30.5 Å². The van der Waals surface area contributed by atoms with Crippen molar-refractivity contribution in [2.45, 2.75) is 25.5 Å². The molecule has 0 saturated carbocycles. The molecule has 0 spiro atoms. The number of aromatic nitrogens is 3. The number of hydrogen-bond acceptors (Lipinski definition) is 5. The Morgan fingerprint density at radius 3 is 2.95 bits per heavy atom. The molecule has 0 aliphatic carbocycles. The molecule has 7 nitrogen and oxygen atoms in total. The van der Waals surface area contributed by atoms with Gasteiger partial charge in [0.2, 0.25) is 5.95 Å². The predicted molar refractivity (Wildman–Crippen MR) is 77.9 cm³/mol. The molecule has 2 heterocycles. The van der Waals surface area contributed by atoms with E-state index in [4.69, 9.17) is 10.00 Å². The number of carbonyl (C=O) groups is 1. The van der Waals surface area contributed by atoms with Crippen LogP contribution in [-0.2, 0) is 16.1 Å². The van der Waals surface area contributed by atoms with E-state index in [-0.39, 0.29) is 11.9 Å². The number of benzene rings is 1. The first-order valence-corrected chi connectivity index (χ1v) is 7.05. The predicted octanol–water partition coefficient (Wildman–Crippen LogP) is 1.32. The maximum absolute atomic E-state index is 11.9. The van der Waals surface area contributed by atoms with Gasteiger partial charge in [0.1, 0.15) is 12.4 Å². The molecule has 1 aliphatic rings. The van der Waals surface area contributed by atoms with Crippen LogP contribution in [0.1, 0.15) is 24.0 Å². The smallest absolute Gasteiger partial charge is 0.255 e. The average Bonchev–Trinajstić information content (AvgIpc) is 3.20. The summed E-state index contributed by atoms with van der Waals surface area (Å²) in [7, 11) is 0. The van der Waals surface area contributed by atoms with Crippen molar-refractivity contribution in [3.8, 4) is 6.07 Å². The third-order valence-electron chi connectivity index (χ3n) is 3.42. The van der Waals surface area contributed by atoms with Crippen molar-refractivity contribution in [3.63, 3.8) is 0 Å². The number of anilines is 1. The molecule has 2 aromatic rings. The van der Waals surface area contributed by atoms with Gasteiger partial charge in [-0.1, -0.05) is 12.1 Å². The third-order valence-corrected chi connectivity index (χ3v) is 3.42. The van der Waals surface area contributed by atoms with Crippen molar-refractivity contribution in [2.75, 3.05) is 11.9 Å². The van der Waals surface area contributed by atoms with Gasteiger partial charge in [-0.3, -0.25) is 10.1 Å². The molecule has 0 radical (unpaired) electrons. The molecule has 1 aromatic heterocycles. The van der Waals surface area contributed by atoms with Crippen LogP contribution in [-0.4, -0.2) is 33.4 Å². The second-order valence-electron chi connectivity index (χ2n) is 5.07. The number of hydrogen-bond donors (Lipinski definition) is 1. The van der Waals surface area contributed by atoms with E-state index >= 15 is 0 Å². The van der Waals surface area contributed by atoms with Crippen molar-refractivity contribution < 1.29 is 9.53 Å². The Hall–Kier alpha value is -2.72. The summed E-state index contributed by atoms with van der Waals surface area (Å²) in [5.74, 6) is 0.0720. The van der Waals surface area contributed by atoms with E-state index in [2.05, 4.69) is 21.5 Å². The maximum atomic E-state index is 11.9. The Morgan fingerprint density at radius 2 is 2.27 bits per heavy atom. The first-order valence-electron chi connectivity index (χ1n) is 7.05. The van der Waals surface area contributed by atoms with Crippen molar-refractivity contribution in [3.05, 3.63) is 41.7 Å². The number of nitrogens with zero attached hydrogens (tertiary/aromatic N) is 4. The molecule has 3 rings (SSSR count). The molecule has 1 saturated heterocycles. The molecule has 1 aromatic carbocycles. The van der Waals surface area contributed by atoms with E-state index in [1.807, 2.05) is 12.1 Å². The Balaban J connectivity index is 1.60.